The molecule has 0 aliphatic heterocycles. The minimum absolute atomic E-state index is 0.195. The predicted octanol–water partition coefficient (Wildman–Crippen LogP) is 2.73. The number of pyridine rings is 1. The van der Waals surface area contributed by atoms with Crippen LogP contribution in [0.4, 0.5) is 13.2 Å². The highest BCUT2D eigenvalue weighted by molar-refractivity contribution is 5.87. The Morgan fingerprint density at radius 1 is 1.23 bits per heavy atom. The zero-order valence-corrected chi connectivity index (χ0v) is 13.6. The largest absolute Gasteiger partial charge is 0.493 e. The summed E-state index contributed by atoms with van der Waals surface area (Å²) < 4.78 is 40.4. The van der Waals surface area contributed by atoms with Crippen molar-refractivity contribution in [3.8, 4) is 5.88 Å². The number of carbonyl (C=O) groups is 1. The molecule has 5 nitrogen and oxygen atoms in total. The van der Waals surface area contributed by atoms with Crippen LogP contribution in [0.2, 0.25) is 0 Å². The van der Waals surface area contributed by atoms with Crippen molar-refractivity contribution in [2.24, 2.45) is 0 Å². The maximum Gasteiger partial charge on any atom is 0.430 e. The van der Waals surface area contributed by atoms with Gasteiger partial charge in [0, 0.05) is 23.9 Å². The van der Waals surface area contributed by atoms with E-state index in [2.05, 4.69) is 10.3 Å². The normalized spacial score (nSPS) is 16.8. The quantitative estimate of drug-likeness (QED) is 0.760. The summed E-state index contributed by atoms with van der Waals surface area (Å²) in [6.07, 6.45) is -1.73. The minimum Gasteiger partial charge on any atom is -0.493 e. The van der Waals surface area contributed by atoms with E-state index in [1.807, 2.05) is 0 Å². The number of amides is 1. The topological polar surface area (TPSA) is 82.5 Å². The second-order valence-electron chi connectivity index (χ2n) is 6.28. The first kappa shape index (κ1) is 18.2. The molecular formula is C18H17F3N2O3. The molecule has 138 valence electrons. The smallest absolute Gasteiger partial charge is 0.430 e. The van der Waals surface area contributed by atoms with E-state index < -0.39 is 23.2 Å². The highest BCUT2D eigenvalue weighted by Gasteiger charge is 2.60. The van der Waals surface area contributed by atoms with Crippen molar-refractivity contribution in [2.75, 3.05) is 0 Å². The molecule has 1 saturated carbocycles. The van der Waals surface area contributed by atoms with Crippen molar-refractivity contribution in [3.05, 3.63) is 59.3 Å². The molecule has 1 aliphatic rings. The van der Waals surface area contributed by atoms with Crippen LogP contribution in [0.1, 0.15) is 35.4 Å². The van der Waals surface area contributed by atoms with Crippen molar-refractivity contribution in [2.45, 2.75) is 37.1 Å². The number of halogens is 3. The Balaban J connectivity index is 1.82. The molecular weight excluding hydrogens is 349 g/mol. The molecule has 0 saturated heterocycles. The number of hydrogen-bond acceptors (Lipinski definition) is 4. The van der Waals surface area contributed by atoms with Gasteiger partial charge in [0.25, 0.3) is 11.5 Å². The van der Waals surface area contributed by atoms with E-state index >= 15 is 0 Å². The van der Waals surface area contributed by atoms with Crippen molar-refractivity contribution in [1.29, 1.82) is 0 Å². The fourth-order valence-corrected chi connectivity index (χ4v) is 2.70. The lowest BCUT2D eigenvalue weighted by Crippen LogP contribution is -2.54. The third-order valence-corrected chi connectivity index (χ3v) is 4.38. The Morgan fingerprint density at radius 3 is 2.46 bits per heavy atom. The fourth-order valence-electron chi connectivity index (χ4n) is 2.70. The van der Waals surface area contributed by atoms with Crippen LogP contribution in [0.25, 0.3) is 0 Å². The monoisotopic (exact) mass is 366 g/mol. The Labute approximate surface area is 147 Å². The number of rotatable bonds is 5. The van der Waals surface area contributed by atoms with Gasteiger partial charge in [0.2, 0.25) is 5.88 Å². The van der Waals surface area contributed by atoms with Crippen LogP contribution in [0.15, 0.2) is 42.6 Å². The molecule has 0 bridgehead atoms. The van der Waals surface area contributed by atoms with Crippen molar-refractivity contribution >= 4 is 5.91 Å². The van der Waals surface area contributed by atoms with Gasteiger partial charge in [0.1, 0.15) is 0 Å². The van der Waals surface area contributed by atoms with Gasteiger partial charge in [-0.1, -0.05) is 30.3 Å². The predicted molar refractivity (Wildman–Crippen MR) is 86.1 cm³/mol. The van der Waals surface area contributed by atoms with E-state index in [-0.39, 0.29) is 18.0 Å². The van der Waals surface area contributed by atoms with E-state index in [1.165, 1.54) is 24.4 Å². The first-order valence-electron chi connectivity index (χ1n) is 8.04. The molecule has 1 aromatic carbocycles. The number of aliphatic hydroxyl groups is 1. The summed E-state index contributed by atoms with van der Waals surface area (Å²) in [6, 6.07) is 7.74. The highest BCUT2D eigenvalue weighted by atomic mass is 19.4. The molecule has 0 unspecified atom stereocenters. The Bertz CT molecular complexity index is 807. The second-order valence-corrected chi connectivity index (χ2v) is 6.28. The molecule has 0 spiro atoms. The van der Waals surface area contributed by atoms with Gasteiger partial charge in [-0.25, -0.2) is 4.98 Å². The van der Waals surface area contributed by atoms with Gasteiger partial charge in [-0.15, -0.1) is 0 Å². The lowest BCUT2D eigenvalue weighted by Gasteiger charge is -2.29. The van der Waals surface area contributed by atoms with Crippen molar-refractivity contribution < 1.29 is 28.2 Å². The van der Waals surface area contributed by atoms with Crippen LogP contribution in [0.5, 0.6) is 5.88 Å². The summed E-state index contributed by atoms with van der Waals surface area (Å²) in [6.45, 7) is -0.385. The number of hydrogen-bond donors (Lipinski definition) is 3. The van der Waals surface area contributed by atoms with Crippen LogP contribution < -0.4 is 5.32 Å². The summed E-state index contributed by atoms with van der Waals surface area (Å²) in [5.41, 5.74) is -3.22. The standard InChI is InChI=1S/C18H17F3N2O3/c19-18(20,21)17(26,14-4-2-1-3-5-14)16(25)23-10-13-8-12(11-6-7-11)9-22-15(13)24/h1-5,8-9,11,26H,6-7,10H2,(H,22,24)(H,23,25)/t17-/m1/s1. The van der Waals surface area contributed by atoms with Crippen LogP contribution in [-0.4, -0.2) is 27.3 Å². The highest BCUT2D eigenvalue weighted by Crippen LogP contribution is 2.41. The third-order valence-electron chi connectivity index (χ3n) is 4.38. The van der Waals surface area contributed by atoms with E-state index in [1.54, 1.807) is 6.07 Å². The summed E-state index contributed by atoms with van der Waals surface area (Å²) in [4.78, 5) is 16.1. The second kappa shape index (κ2) is 6.60. The summed E-state index contributed by atoms with van der Waals surface area (Å²) in [5.74, 6) is -1.66. The lowest BCUT2D eigenvalue weighted by atomic mass is 9.92. The fraction of sp³-hybridized carbons (Fsp3) is 0.333. The average Bonchev–Trinajstić information content (AvgIpc) is 3.45. The number of aromatic nitrogens is 1. The number of nitrogens with zero attached hydrogens (tertiary/aromatic N) is 1. The van der Waals surface area contributed by atoms with E-state index in [9.17, 15) is 28.2 Å². The molecule has 1 fully saturated rings. The van der Waals surface area contributed by atoms with Gasteiger partial charge in [0.15, 0.2) is 0 Å². The van der Waals surface area contributed by atoms with Gasteiger partial charge in [-0.3, -0.25) is 4.79 Å². The first-order chi connectivity index (χ1) is 12.2. The summed E-state index contributed by atoms with van der Waals surface area (Å²) in [5, 5.41) is 22.0. The summed E-state index contributed by atoms with van der Waals surface area (Å²) >= 11 is 0. The molecule has 1 heterocycles. The molecule has 1 amide bonds. The van der Waals surface area contributed by atoms with Gasteiger partial charge < -0.3 is 15.5 Å². The van der Waals surface area contributed by atoms with Gasteiger partial charge >= 0.3 is 6.18 Å². The van der Waals surface area contributed by atoms with E-state index in [0.717, 1.165) is 30.5 Å². The van der Waals surface area contributed by atoms with E-state index in [4.69, 9.17) is 0 Å². The Hall–Kier alpha value is -2.61. The lowest BCUT2D eigenvalue weighted by molar-refractivity contribution is -0.257. The van der Waals surface area contributed by atoms with Crippen LogP contribution in [0.3, 0.4) is 0 Å². The van der Waals surface area contributed by atoms with Gasteiger partial charge in [-0.05, 0) is 30.4 Å². The number of alkyl halides is 3. The molecule has 0 radical (unpaired) electrons. The molecule has 2 aromatic rings. The first-order valence-corrected chi connectivity index (χ1v) is 8.04. The minimum atomic E-state index is -5.21. The zero-order chi connectivity index (χ0) is 18.9. The van der Waals surface area contributed by atoms with E-state index in [0.29, 0.717) is 5.92 Å². The summed E-state index contributed by atoms with van der Waals surface area (Å²) in [7, 11) is 0. The maximum absolute atomic E-state index is 13.5. The molecule has 3 rings (SSSR count). The van der Waals surface area contributed by atoms with Crippen LogP contribution >= 0.6 is 0 Å². The number of aromatic hydroxyl groups is 1. The molecule has 1 aliphatic carbocycles. The number of nitrogens with one attached hydrogen (secondary N) is 1. The van der Waals surface area contributed by atoms with Crippen molar-refractivity contribution in [3.63, 3.8) is 0 Å². The average molecular weight is 366 g/mol. The van der Waals surface area contributed by atoms with Gasteiger partial charge in [-0.2, -0.15) is 13.2 Å². The van der Waals surface area contributed by atoms with Crippen LogP contribution in [0, 0.1) is 0 Å². The van der Waals surface area contributed by atoms with Crippen molar-refractivity contribution in [1.82, 2.24) is 10.3 Å². The number of benzene rings is 1. The van der Waals surface area contributed by atoms with Gasteiger partial charge in [0.05, 0.1) is 0 Å². The zero-order valence-electron chi connectivity index (χ0n) is 13.6. The van der Waals surface area contributed by atoms with Crippen LogP contribution in [-0.2, 0) is 16.9 Å². The SMILES string of the molecule is O=C(NCc1cc(C2CC2)cnc1O)[C@](O)(c1ccccc1)C(F)(F)F. The third kappa shape index (κ3) is 3.37. The maximum atomic E-state index is 13.5. The molecule has 1 atom stereocenters. The Morgan fingerprint density at radius 2 is 1.88 bits per heavy atom. The molecule has 26 heavy (non-hydrogen) atoms. The molecule has 1 aromatic heterocycles. The number of carbonyl (C=O) groups excluding carboxylic acids is 1. The molecule has 8 heteroatoms. The molecule has 3 N–H and O–H groups in total. The Kier molecular flexibility index (Phi) is 4.62.